The Hall–Kier alpha value is -4.67. The molecule has 324 valence electrons. The minimum atomic E-state index is -1.03. The van der Waals surface area contributed by atoms with E-state index in [1.165, 1.54) is 5.57 Å². The van der Waals surface area contributed by atoms with Crippen LogP contribution in [-0.2, 0) is 33.2 Å². The van der Waals surface area contributed by atoms with E-state index in [0.717, 1.165) is 36.7 Å². The molecule has 9 heteroatoms. The molecule has 9 nitrogen and oxygen atoms in total. The smallest absolute Gasteiger partial charge is 0.338 e. The van der Waals surface area contributed by atoms with E-state index >= 15 is 0 Å². The molecule has 61 heavy (non-hydrogen) atoms. The first-order chi connectivity index (χ1) is 29.5. The second-order valence-corrected chi connectivity index (χ2v) is 17.9. The lowest BCUT2D eigenvalue weighted by atomic mass is 9.66. The number of ether oxygens (including phenoxy) is 6. The summed E-state index contributed by atoms with van der Waals surface area (Å²) in [5, 5.41) is 0. The molecular formula is C52H62O9. The summed E-state index contributed by atoms with van der Waals surface area (Å²) in [5.74, 6) is -1.36. The van der Waals surface area contributed by atoms with Gasteiger partial charge in [0.25, 0.3) is 0 Å². The van der Waals surface area contributed by atoms with Crippen molar-refractivity contribution >= 4 is 18.2 Å². The van der Waals surface area contributed by atoms with Gasteiger partial charge < -0.3 is 33.2 Å². The number of rotatable bonds is 12. The standard InChI is InChI=1S/C52H62O9/c1-35(28-36(2)24-25-45-30-46(57-48(54)40-17-9-6-10-18-40)31-51(60-45)27-26-37(3)39(5)59-51)16-15-23-43-34-56-50(42-21-13-8-14-22-42)61-52(43)32-47(38(4)29-44(52)33-53)58-49(55)41-19-11-7-12-20-41/h6-24,33,35,37-39,44-47,50H,25-32,34H2,1-5H3/b16-15+,36-24+,43-23+/t35-,37-,38-,39+,44-,45+,46-,47-,50+,51-,52+/m0/s1. The van der Waals surface area contributed by atoms with Crippen LogP contribution in [0.3, 0.4) is 0 Å². The van der Waals surface area contributed by atoms with Crippen LogP contribution in [-0.4, -0.2) is 60.6 Å². The van der Waals surface area contributed by atoms with Gasteiger partial charge in [0.05, 0.1) is 29.9 Å². The Bertz CT molecular complexity index is 2030. The summed E-state index contributed by atoms with van der Waals surface area (Å²) < 4.78 is 38.8. The van der Waals surface area contributed by atoms with E-state index in [2.05, 4.69) is 39.8 Å². The molecular weight excluding hydrogens is 769 g/mol. The number of benzene rings is 3. The summed E-state index contributed by atoms with van der Waals surface area (Å²) in [7, 11) is 0. The summed E-state index contributed by atoms with van der Waals surface area (Å²) in [4.78, 5) is 39.3. The van der Waals surface area contributed by atoms with Crippen molar-refractivity contribution in [3.63, 3.8) is 0 Å². The van der Waals surface area contributed by atoms with E-state index in [9.17, 15) is 14.4 Å². The first-order valence-corrected chi connectivity index (χ1v) is 22.2. The van der Waals surface area contributed by atoms with Gasteiger partial charge in [-0.3, -0.25) is 0 Å². The first kappa shape index (κ1) is 44.4. The van der Waals surface area contributed by atoms with Crippen LogP contribution in [0.15, 0.2) is 126 Å². The topological polar surface area (TPSA) is 107 Å². The third-order valence-electron chi connectivity index (χ3n) is 13.1. The summed E-state index contributed by atoms with van der Waals surface area (Å²) >= 11 is 0. The van der Waals surface area contributed by atoms with Gasteiger partial charge in [0.2, 0.25) is 0 Å². The number of allylic oxidation sites excluding steroid dienone is 4. The highest BCUT2D eigenvalue weighted by Crippen LogP contribution is 2.50. The highest BCUT2D eigenvalue weighted by atomic mass is 16.7. The molecule has 0 amide bonds. The Labute approximate surface area is 361 Å². The average Bonchev–Trinajstić information content (AvgIpc) is 3.27. The Kier molecular flexibility index (Phi) is 14.6. The maximum Gasteiger partial charge on any atom is 0.338 e. The maximum atomic E-state index is 13.3. The molecule has 3 aromatic carbocycles. The van der Waals surface area contributed by atoms with Gasteiger partial charge in [-0.25, -0.2) is 9.59 Å². The fraction of sp³-hybridized carbons (Fsp3) is 0.481. The van der Waals surface area contributed by atoms with Gasteiger partial charge in [-0.2, -0.15) is 0 Å². The monoisotopic (exact) mass is 830 g/mol. The Morgan fingerprint density at radius 2 is 1.48 bits per heavy atom. The van der Waals surface area contributed by atoms with E-state index in [1.54, 1.807) is 24.3 Å². The van der Waals surface area contributed by atoms with Crippen molar-refractivity contribution in [1.29, 1.82) is 0 Å². The summed E-state index contributed by atoms with van der Waals surface area (Å²) in [6.45, 7) is 10.9. The normalized spacial score (nSPS) is 33.1. The lowest BCUT2D eigenvalue weighted by molar-refractivity contribution is -0.331. The van der Waals surface area contributed by atoms with Crippen LogP contribution in [0.1, 0.15) is 119 Å². The number of carbonyl (C=O) groups excluding carboxylic acids is 3. The SMILES string of the molecule is C/C(=C\C[C@@H]1C[C@H](OC(=O)c2ccccc2)C[C@]2(CC[C@H](C)[C@@H](C)O2)O1)C[C@@H](C)/C=C/C=C1\CO[C@@H](c2ccccc2)O[C@]12C[C@H](OC(=O)c1ccccc1)[C@@H](C)C[C@H]2C=O. The largest absolute Gasteiger partial charge is 0.458 e. The maximum absolute atomic E-state index is 13.3. The third kappa shape index (κ3) is 10.9. The van der Waals surface area contributed by atoms with E-state index in [-0.39, 0.29) is 48.7 Å². The van der Waals surface area contributed by atoms with Crippen molar-refractivity contribution in [3.8, 4) is 0 Å². The van der Waals surface area contributed by atoms with E-state index in [4.69, 9.17) is 28.4 Å². The van der Waals surface area contributed by atoms with Crippen molar-refractivity contribution < 1.29 is 42.8 Å². The average molecular weight is 831 g/mol. The Morgan fingerprint density at radius 1 is 0.820 bits per heavy atom. The number of carbonyl (C=O) groups is 3. The molecule has 7 rings (SSSR count). The van der Waals surface area contributed by atoms with Crippen LogP contribution in [0.2, 0.25) is 0 Å². The van der Waals surface area contributed by atoms with Gasteiger partial charge in [0.15, 0.2) is 12.1 Å². The fourth-order valence-electron chi connectivity index (χ4n) is 9.49. The van der Waals surface area contributed by atoms with Crippen molar-refractivity contribution in [2.75, 3.05) is 6.61 Å². The number of esters is 2. The van der Waals surface area contributed by atoms with E-state index in [1.807, 2.05) is 85.8 Å². The van der Waals surface area contributed by atoms with Gasteiger partial charge in [-0.05, 0) is 87.1 Å². The molecule has 3 heterocycles. The van der Waals surface area contributed by atoms with Crippen LogP contribution >= 0.6 is 0 Å². The molecule has 11 atom stereocenters. The van der Waals surface area contributed by atoms with Gasteiger partial charge in [-0.1, -0.05) is 117 Å². The highest BCUT2D eigenvalue weighted by molar-refractivity contribution is 5.90. The quantitative estimate of drug-likeness (QED) is 0.100. The predicted octanol–water partition coefficient (Wildman–Crippen LogP) is 10.7. The summed E-state index contributed by atoms with van der Waals surface area (Å²) in [5.41, 5.74) is 2.94. The van der Waals surface area contributed by atoms with Crippen LogP contribution in [0.5, 0.6) is 0 Å². The number of hydrogen-bond acceptors (Lipinski definition) is 9. The van der Waals surface area contributed by atoms with Crippen molar-refractivity contribution in [2.24, 2.45) is 23.7 Å². The molecule has 3 aliphatic heterocycles. The minimum Gasteiger partial charge on any atom is -0.458 e. The summed E-state index contributed by atoms with van der Waals surface area (Å²) in [6.07, 6.45) is 13.1. The second kappa shape index (κ2) is 20.0. The molecule has 2 spiro atoms. The van der Waals surface area contributed by atoms with Crippen molar-refractivity contribution in [2.45, 2.75) is 128 Å². The van der Waals surface area contributed by atoms with Crippen LogP contribution in [0.4, 0.5) is 0 Å². The van der Waals surface area contributed by atoms with Gasteiger partial charge >= 0.3 is 11.9 Å². The number of aldehydes is 1. The zero-order valence-electron chi connectivity index (χ0n) is 36.3. The zero-order valence-corrected chi connectivity index (χ0v) is 36.3. The number of hydrogen-bond donors (Lipinski definition) is 0. The van der Waals surface area contributed by atoms with Crippen molar-refractivity contribution in [3.05, 3.63) is 143 Å². The second-order valence-electron chi connectivity index (χ2n) is 17.9. The molecule has 3 saturated heterocycles. The fourth-order valence-corrected chi connectivity index (χ4v) is 9.49. The molecule has 0 radical (unpaired) electrons. The van der Waals surface area contributed by atoms with Gasteiger partial charge in [0, 0.05) is 37.2 Å². The molecule has 4 aliphatic rings. The zero-order chi connectivity index (χ0) is 43.0. The van der Waals surface area contributed by atoms with Crippen LogP contribution in [0.25, 0.3) is 0 Å². The highest BCUT2D eigenvalue weighted by Gasteiger charge is 2.54. The van der Waals surface area contributed by atoms with Crippen LogP contribution < -0.4 is 0 Å². The molecule has 4 fully saturated rings. The predicted molar refractivity (Wildman–Crippen MR) is 233 cm³/mol. The lowest BCUT2D eigenvalue weighted by Crippen LogP contribution is -2.56. The summed E-state index contributed by atoms with van der Waals surface area (Å²) in [6, 6.07) is 27.9. The first-order valence-electron chi connectivity index (χ1n) is 22.2. The Morgan fingerprint density at radius 3 is 2.13 bits per heavy atom. The molecule has 1 aliphatic carbocycles. The van der Waals surface area contributed by atoms with Crippen molar-refractivity contribution in [1.82, 2.24) is 0 Å². The molecule has 0 unspecified atom stereocenters. The van der Waals surface area contributed by atoms with Gasteiger partial charge in [-0.15, -0.1) is 0 Å². The third-order valence-corrected chi connectivity index (χ3v) is 13.1. The molecule has 0 bridgehead atoms. The van der Waals surface area contributed by atoms with E-state index < -0.39 is 29.7 Å². The van der Waals surface area contributed by atoms with Crippen LogP contribution in [0, 0.1) is 23.7 Å². The minimum absolute atomic E-state index is 0.0503. The Balaban J connectivity index is 1.04. The molecule has 0 N–H and O–H groups in total. The molecule has 1 saturated carbocycles. The van der Waals surface area contributed by atoms with Gasteiger partial charge in [0.1, 0.15) is 24.1 Å². The molecule has 3 aromatic rings. The van der Waals surface area contributed by atoms with E-state index in [0.29, 0.717) is 49.1 Å². The lowest BCUT2D eigenvalue weighted by Gasteiger charge is -2.51. The molecule has 0 aromatic heterocycles.